The van der Waals surface area contributed by atoms with Crippen molar-refractivity contribution in [3.05, 3.63) is 47.5 Å². The lowest BCUT2D eigenvalue weighted by molar-refractivity contribution is -0.146. The van der Waals surface area contributed by atoms with E-state index in [4.69, 9.17) is 9.47 Å². The molecule has 2 fully saturated rings. The van der Waals surface area contributed by atoms with Gasteiger partial charge in [0.2, 0.25) is 0 Å². The van der Waals surface area contributed by atoms with Crippen molar-refractivity contribution in [2.75, 3.05) is 13.7 Å². The molecule has 0 saturated carbocycles. The minimum atomic E-state index is -0.332. The number of hydrogen-bond donors (Lipinski definition) is 0. The molecule has 5 heteroatoms. The number of methoxy groups -OCH3 is 1. The molecule has 0 unspecified atom stereocenters. The van der Waals surface area contributed by atoms with Gasteiger partial charge >= 0.3 is 11.9 Å². The van der Waals surface area contributed by atoms with Gasteiger partial charge in [-0.2, -0.15) is 0 Å². The maximum atomic E-state index is 12.5. The van der Waals surface area contributed by atoms with Crippen molar-refractivity contribution >= 4 is 11.9 Å². The summed E-state index contributed by atoms with van der Waals surface area (Å²) >= 11 is 0. The number of carbonyl (C=O) groups is 2. The number of ether oxygens (including phenoxy) is 2. The van der Waals surface area contributed by atoms with Crippen molar-refractivity contribution < 1.29 is 19.1 Å². The van der Waals surface area contributed by atoms with Gasteiger partial charge in [0.05, 0.1) is 19.6 Å². The summed E-state index contributed by atoms with van der Waals surface area (Å²) in [4.78, 5) is 26.9. The van der Waals surface area contributed by atoms with Gasteiger partial charge in [-0.25, -0.2) is 4.79 Å². The minimum absolute atomic E-state index is 0.0780. The molecule has 2 heterocycles. The maximum absolute atomic E-state index is 12.5. The summed E-state index contributed by atoms with van der Waals surface area (Å²) in [6.45, 7) is 5.10. The van der Waals surface area contributed by atoms with Crippen LogP contribution in [0.2, 0.25) is 0 Å². The van der Waals surface area contributed by atoms with Crippen molar-refractivity contribution in [2.24, 2.45) is 5.92 Å². The Balaban J connectivity index is 1.96. The Hall–Kier alpha value is -2.14. The van der Waals surface area contributed by atoms with Crippen LogP contribution >= 0.6 is 0 Å². The average Bonchev–Trinajstić information content (AvgIpc) is 2.82. The zero-order valence-electron chi connectivity index (χ0n) is 15.7. The van der Waals surface area contributed by atoms with Crippen LogP contribution in [0.4, 0.5) is 0 Å². The van der Waals surface area contributed by atoms with Crippen molar-refractivity contribution in [2.45, 2.75) is 51.2 Å². The molecule has 1 aromatic rings. The Bertz CT molecular complexity index is 699. The van der Waals surface area contributed by atoms with Gasteiger partial charge in [0.25, 0.3) is 0 Å². The number of fused-ring (bicyclic) bond motifs is 2. The molecular weight excluding hydrogens is 330 g/mol. The van der Waals surface area contributed by atoms with E-state index in [-0.39, 0.29) is 29.4 Å². The van der Waals surface area contributed by atoms with Gasteiger partial charge in [0.15, 0.2) is 0 Å². The summed E-state index contributed by atoms with van der Waals surface area (Å²) in [5, 5.41) is 0. The largest absolute Gasteiger partial charge is 0.469 e. The molecule has 0 aromatic heterocycles. The van der Waals surface area contributed by atoms with Gasteiger partial charge in [-0.1, -0.05) is 30.3 Å². The fourth-order valence-corrected chi connectivity index (χ4v) is 4.45. The third kappa shape index (κ3) is 3.54. The molecule has 2 bridgehead atoms. The van der Waals surface area contributed by atoms with Crippen molar-refractivity contribution in [3.63, 3.8) is 0 Å². The van der Waals surface area contributed by atoms with Gasteiger partial charge in [0.1, 0.15) is 0 Å². The first-order valence-electron chi connectivity index (χ1n) is 9.24. The number of benzene rings is 1. The van der Waals surface area contributed by atoms with Gasteiger partial charge in [0, 0.05) is 24.2 Å². The molecule has 2 saturated heterocycles. The Morgan fingerprint density at radius 1 is 1.31 bits per heavy atom. The summed E-state index contributed by atoms with van der Waals surface area (Å²) in [6, 6.07) is 10.1. The van der Waals surface area contributed by atoms with Crippen LogP contribution in [0.25, 0.3) is 0 Å². The lowest BCUT2D eigenvalue weighted by Gasteiger charge is -2.44. The smallest absolute Gasteiger partial charge is 0.330 e. The first kappa shape index (κ1) is 18.6. The molecule has 26 heavy (non-hydrogen) atoms. The number of nitrogens with zero attached hydrogens (tertiary/aromatic N) is 1. The maximum Gasteiger partial charge on any atom is 0.330 e. The van der Waals surface area contributed by atoms with Gasteiger partial charge in [-0.05, 0) is 44.2 Å². The molecule has 1 aromatic carbocycles. The van der Waals surface area contributed by atoms with Crippen molar-refractivity contribution in [1.29, 1.82) is 0 Å². The standard InChI is InChI=1S/C21H27NO4/c1-4-26-18(23)12-16-10-11-21(2)13-17(20(24)25-3)19(16)22(21)14-15-8-6-5-7-9-15/h5-9,12,17,19H,4,10-11,13-14H2,1-3H3/b16-12-/t17-,19-,21+/m1/s1. The highest BCUT2D eigenvalue weighted by Gasteiger charge is 2.55. The first-order chi connectivity index (χ1) is 12.5. The number of esters is 2. The second-order valence-electron chi connectivity index (χ2n) is 7.36. The van der Waals surface area contributed by atoms with E-state index in [1.165, 1.54) is 12.7 Å². The molecule has 2 aliphatic heterocycles. The van der Waals surface area contributed by atoms with Gasteiger partial charge in [-0.3, -0.25) is 9.69 Å². The van der Waals surface area contributed by atoms with E-state index in [1.54, 1.807) is 13.0 Å². The van der Waals surface area contributed by atoms with E-state index in [2.05, 4.69) is 24.0 Å². The molecule has 0 spiro atoms. The Kier molecular flexibility index (Phi) is 5.47. The van der Waals surface area contributed by atoms with E-state index < -0.39 is 0 Å². The van der Waals surface area contributed by atoms with Crippen LogP contribution in [-0.4, -0.2) is 42.1 Å². The molecule has 2 aliphatic rings. The third-order valence-corrected chi connectivity index (χ3v) is 5.69. The normalized spacial score (nSPS) is 29.6. The van der Waals surface area contributed by atoms with Crippen molar-refractivity contribution in [1.82, 2.24) is 4.90 Å². The van der Waals surface area contributed by atoms with Crippen LogP contribution in [0.3, 0.4) is 0 Å². The second kappa shape index (κ2) is 7.62. The quantitative estimate of drug-likeness (QED) is 0.599. The number of carbonyl (C=O) groups excluding carboxylic acids is 2. The molecule has 0 N–H and O–H groups in total. The molecule has 3 atom stereocenters. The molecular formula is C21H27NO4. The lowest BCUT2D eigenvalue weighted by atomic mass is 9.87. The fourth-order valence-electron chi connectivity index (χ4n) is 4.45. The fraction of sp³-hybridized carbons (Fsp3) is 0.524. The number of piperidine rings is 1. The highest BCUT2D eigenvalue weighted by Crippen LogP contribution is 2.50. The Morgan fingerprint density at radius 3 is 2.69 bits per heavy atom. The summed E-state index contributed by atoms with van der Waals surface area (Å²) < 4.78 is 10.2. The van der Waals surface area contributed by atoms with E-state index in [9.17, 15) is 9.59 Å². The van der Waals surface area contributed by atoms with E-state index in [1.807, 2.05) is 18.2 Å². The van der Waals surface area contributed by atoms with E-state index in [0.717, 1.165) is 31.4 Å². The molecule has 0 radical (unpaired) electrons. The highest BCUT2D eigenvalue weighted by molar-refractivity contribution is 5.84. The third-order valence-electron chi connectivity index (χ3n) is 5.69. The minimum Gasteiger partial charge on any atom is -0.469 e. The van der Waals surface area contributed by atoms with Crippen molar-refractivity contribution in [3.8, 4) is 0 Å². The molecule has 140 valence electrons. The molecule has 3 rings (SSSR count). The average molecular weight is 357 g/mol. The zero-order chi connectivity index (χ0) is 18.7. The first-order valence-corrected chi connectivity index (χ1v) is 9.24. The van der Waals surface area contributed by atoms with E-state index >= 15 is 0 Å². The van der Waals surface area contributed by atoms with Crippen LogP contribution < -0.4 is 0 Å². The summed E-state index contributed by atoms with van der Waals surface area (Å²) in [7, 11) is 1.43. The molecule has 0 amide bonds. The highest BCUT2D eigenvalue weighted by atomic mass is 16.5. The molecule has 0 aliphatic carbocycles. The molecule has 5 nitrogen and oxygen atoms in total. The van der Waals surface area contributed by atoms with Gasteiger partial charge in [-0.15, -0.1) is 0 Å². The SMILES string of the molecule is CCOC(=O)/C=C1/CC[C@@]2(C)C[C@@H](C(=O)OC)[C@@H]1N2Cc1ccccc1. The predicted octanol–water partition coefficient (Wildman–Crippen LogP) is 3.09. The van der Waals surface area contributed by atoms with Crippen LogP contribution in [0, 0.1) is 5.92 Å². The van der Waals surface area contributed by atoms with Gasteiger partial charge < -0.3 is 9.47 Å². The summed E-state index contributed by atoms with van der Waals surface area (Å²) in [6.07, 6.45) is 4.05. The topological polar surface area (TPSA) is 55.8 Å². The lowest BCUT2D eigenvalue weighted by Crippen LogP contribution is -2.49. The zero-order valence-corrected chi connectivity index (χ0v) is 15.7. The second-order valence-corrected chi connectivity index (χ2v) is 7.36. The Labute approximate surface area is 155 Å². The summed E-state index contributed by atoms with van der Waals surface area (Å²) in [5.74, 6) is -0.786. The predicted molar refractivity (Wildman–Crippen MR) is 98.3 cm³/mol. The Morgan fingerprint density at radius 2 is 2.04 bits per heavy atom. The monoisotopic (exact) mass is 357 g/mol. The van der Waals surface area contributed by atoms with Crippen LogP contribution in [-0.2, 0) is 25.6 Å². The van der Waals surface area contributed by atoms with Crippen LogP contribution in [0.1, 0.15) is 38.7 Å². The van der Waals surface area contributed by atoms with Crippen LogP contribution in [0.5, 0.6) is 0 Å². The number of hydrogen-bond acceptors (Lipinski definition) is 5. The number of rotatable bonds is 5. The summed E-state index contributed by atoms with van der Waals surface area (Å²) in [5.41, 5.74) is 2.10. The van der Waals surface area contributed by atoms with Crippen LogP contribution in [0.15, 0.2) is 42.0 Å². The van der Waals surface area contributed by atoms with E-state index in [0.29, 0.717) is 6.61 Å².